The summed E-state index contributed by atoms with van der Waals surface area (Å²) in [6.07, 6.45) is 5.28. The van der Waals surface area contributed by atoms with Gasteiger partial charge in [0, 0.05) is 31.4 Å². The van der Waals surface area contributed by atoms with Crippen molar-refractivity contribution in [2.75, 3.05) is 20.1 Å². The summed E-state index contributed by atoms with van der Waals surface area (Å²) in [6.45, 7) is 2.34. The van der Waals surface area contributed by atoms with Crippen molar-refractivity contribution in [3.63, 3.8) is 0 Å². The van der Waals surface area contributed by atoms with Crippen molar-refractivity contribution in [3.05, 3.63) is 83.7 Å². The third kappa shape index (κ3) is 3.90. The van der Waals surface area contributed by atoms with Crippen LogP contribution in [0, 0.1) is 0 Å². The second kappa shape index (κ2) is 7.72. The Labute approximate surface area is 158 Å². The second-order valence-electron chi connectivity index (χ2n) is 7.03. The summed E-state index contributed by atoms with van der Waals surface area (Å²) in [5.41, 5.74) is 4.42. The van der Waals surface area contributed by atoms with Crippen molar-refractivity contribution in [1.82, 2.24) is 24.8 Å². The molecule has 0 saturated heterocycles. The molecule has 3 heterocycles. The van der Waals surface area contributed by atoms with Gasteiger partial charge in [-0.25, -0.2) is 4.98 Å². The summed E-state index contributed by atoms with van der Waals surface area (Å²) in [7, 11) is 1.97. The van der Waals surface area contributed by atoms with Crippen molar-refractivity contribution >= 4 is 5.91 Å². The first kappa shape index (κ1) is 17.4. The Balaban J connectivity index is 1.47. The number of nitrogens with one attached hydrogen (secondary N) is 1. The first-order valence-electron chi connectivity index (χ1n) is 9.13. The number of pyridine rings is 1. The van der Waals surface area contributed by atoms with Gasteiger partial charge in [-0.1, -0.05) is 30.3 Å². The minimum atomic E-state index is 0.107. The summed E-state index contributed by atoms with van der Waals surface area (Å²) < 4.78 is 0. The molecule has 1 aromatic carbocycles. The molecule has 138 valence electrons. The zero-order chi connectivity index (χ0) is 18.6. The molecule has 0 saturated carbocycles. The van der Waals surface area contributed by atoms with Crippen LogP contribution >= 0.6 is 0 Å². The highest BCUT2D eigenvalue weighted by molar-refractivity contribution is 5.78. The molecular weight excluding hydrogens is 338 g/mol. The van der Waals surface area contributed by atoms with Gasteiger partial charge in [0.25, 0.3) is 0 Å². The van der Waals surface area contributed by atoms with E-state index in [4.69, 9.17) is 0 Å². The van der Waals surface area contributed by atoms with Crippen molar-refractivity contribution in [1.29, 1.82) is 0 Å². The molecule has 0 bridgehead atoms. The smallest absolute Gasteiger partial charge is 0.237 e. The standard InChI is InChI=1S/C21H23N5O/c1-25(11-16-7-9-22-10-8-16)14-20(27)26-12-18(17-5-3-2-4-6-17)21-19(13-26)23-15-24-21/h2-10,15,18H,11-14H2,1H3,(H,23,24). The molecular formula is C21H23N5O. The molecule has 4 rings (SSSR count). The van der Waals surface area contributed by atoms with Crippen LogP contribution in [0.5, 0.6) is 0 Å². The highest BCUT2D eigenvalue weighted by Crippen LogP contribution is 2.31. The molecule has 6 nitrogen and oxygen atoms in total. The van der Waals surface area contributed by atoms with Crippen LogP contribution in [0.4, 0.5) is 0 Å². The Hall–Kier alpha value is -2.99. The van der Waals surface area contributed by atoms with E-state index in [1.807, 2.05) is 47.2 Å². The average molecular weight is 361 g/mol. The number of likely N-dealkylation sites (N-methyl/N-ethyl adjacent to an activating group) is 1. The molecule has 1 amide bonds. The Morgan fingerprint density at radius 3 is 2.78 bits per heavy atom. The molecule has 1 aliphatic heterocycles. The van der Waals surface area contributed by atoms with Gasteiger partial charge in [0.05, 0.1) is 30.8 Å². The summed E-state index contributed by atoms with van der Waals surface area (Å²) >= 11 is 0. The van der Waals surface area contributed by atoms with Crippen LogP contribution < -0.4 is 0 Å². The van der Waals surface area contributed by atoms with E-state index < -0.39 is 0 Å². The van der Waals surface area contributed by atoms with Crippen LogP contribution in [-0.2, 0) is 17.9 Å². The first-order chi connectivity index (χ1) is 13.2. The topological polar surface area (TPSA) is 65.1 Å². The number of imidazole rings is 1. The van der Waals surface area contributed by atoms with Crippen LogP contribution in [0.1, 0.15) is 28.4 Å². The van der Waals surface area contributed by atoms with E-state index in [1.54, 1.807) is 18.7 Å². The molecule has 3 aromatic rings. The zero-order valence-electron chi connectivity index (χ0n) is 15.4. The lowest BCUT2D eigenvalue weighted by atomic mass is 9.91. The molecule has 0 fully saturated rings. The minimum absolute atomic E-state index is 0.107. The molecule has 0 aliphatic carbocycles. The average Bonchev–Trinajstić information content (AvgIpc) is 3.17. The number of carbonyl (C=O) groups is 1. The number of fused-ring (bicyclic) bond motifs is 1. The minimum Gasteiger partial charge on any atom is -0.347 e. The van der Waals surface area contributed by atoms with Gasteiger partial charge in [-0.3, -0.25) is 14.7 Å². The maximum atomic E-state index is 12.9. The number of rotatable bonds is 5. The van der Waals surface area contributed by atoms with Gasteiger partial charge in [0.15, 0.2) is 0 Å². The fourth-order valence-corrected chi connectivity index (χ4v) is 3.65. The molecule has 0 radical (unpaired) electrons. The number of amides is 1. The van der Waals surface area contributed by atoms with E-state index >= 15 is 0 Å². The Kier molecular flexibility index (Phi) is 4.98. The second-order valence-corrected chi connectivity index (χ2v) is 7.03. The maximum absolute atomic E-state index is 12.9. The number of H-pyrrole nitrogens is 1. The van der Waals surface area contributed by atoms with E-state index in [0.29, 0.717) is 19.6 Å². The summed E-state index contributed by atoms with van der Waals surface area (Å²) in [5, 5.41) is 0. The molecule has 1 unspecified atom stereocenters. The SMILES string of the molecule is CN(CC(=O)N1Cc2[nH]cnc2C(c2ccccc2)C1)Cc1ccncc1. The lowest BCUT2D eigenvalue weighted by molar-refractivity contribution is -0.133. The molecule has 27 heavy (non-hydrogen) atoms. The Bertz CT molecular complexity index is 893. The molecule has 2 aromatic heterocycles. The van der Waals surface area contributed by atoms with Crippen molar-refractivity contribution < 1.29 is 4.79 Å². The fraction of sp³-hybridized carbons (Fsp3) is 0.286. The Morgan fingerprint density at radius 1 is 1.22 bits per heavy atom. The quantitative estimate of drug-likeness (QED) is 0.758. The zero-order valence-corrected chi connectivity index (χ0v) is 15.4. The van der Waals surface area contributed by atoms with E-state index in [-0.39, 0.29) is 11.8 Å². The molecule has 1 atom stereocenters. The first-order valence-corrected chi connectivity index (χ1v) is 9.13. The number of carbonyl (C=O) groups excluding carboxylic acids is 1. The number of nitrogens with zero attached hydrogens (tertiary/aromatic N) is 4. The monoisotopic (exact) mass is 361 g/mol. The predicted molar refractivity (Wildman–Crippen MR) is 103 cm³/mol. The third-order valence-electron chi connectivity index (χ3n) is 5.00. The van der Waals surface area contributed by atoms with Crippen molar-refractivity contribution in [3.8, 4) is 0 Å². The lowest BCUT2D eigenvalue weighted by Gasteiger charge is -2.33. The molecule has 6 heteroatoms. The van der Waals surface area contributed by atoms with Crippen LogP contribution in [-0.4, -0.2) is 50.8 Å². The highest BCUT2D eigenvalue weighted by atomic mass is 16.2. The van der Waals surface area contributed by atoms with Gasteiger partial charge in [0.1, 0.15) is 0 Å². The number of aromatic amines is 1. The van der Waals surface area contributed by atoms with Gasteiger partial charge in [-0.05, 0) is 30.3 Å². The van der Waals surface area contributed by atoms with Crippen molar-refractivity contribution in [2.24, 2.45) is 0 Å². The van der Waals surface area contributed by atoms with Crippen LogP contribution in [0.25, 0.3) is 0 Å². The number of hydrogen-bond acceptors (Lipinski definition) is 4. The van der Waals surface area contributed by atoms with E-state index in [2.05, 4.69) is 27.1 Å². The number of benzene rings is 1. The van der Waals surface area contributed by atoms with E-state index in [0.717, 1.165) is 23.5 Å². The molecule has 1 aliphatic rings. The maximum Gasteiger partial charge on any atom is 0.237 e. The van der Waals surface area contributed by atoms with Gasteiger partial charge in [-0.15, -0.1) is 0 Å². The predicted octanol–water partition coefficient (Wildman–Crippen LogP) is 2.41. The Morgan fingerprint density at radius 2 is 2.00 bits per heavy atom. The van der Waals surface area contributed by atoms with E-state index in [9.17, 15) is 4.79 Å². The fourth-order valence-electron chi connectivity index (χ4n) is 3.65. The summed E-state index contributed by atoms with van der Waals surface area (Å²) in [5.74, 6) is 0.239. The normalized spacial score (nSPS) is 16.4. The lowest BCUT2D eigenvalue weighted by Crippen LogP contribution is -2.43. The van der Waals surface area contributed by atoms with Gasteiger partial charge >= 0.3 is 0 Å². The van der Waals surface area contributed by atoms with Crippen LogP contribution in [0.2, 0.25) is 0 Å². The third-order valence-corrected chi connectivity index (χ3v) is 5.00. The van der Waals surface area contributed by atoms with Gasteiger partial charge in [-0.2, -0.15) is 0 Å². The van der Waals surface area contributed by atoms with Gasteiger partial charge in [0.2, 0.25) is 5.91 Å². The van der Waals surface area contributed by atoms with Crippen LogP contribution in [0.15, 0.2) is 61.2 Å². The number of hydrogen-bond donors (Lipinski definition) is 1. The molecule has 0 spiro atoms. The van der Waals surface area contributed by atoms with Crippen molar-refractivity contribution in [2.45, 2.75) is 19.0 Å². The summed E-state index contributed by atoms with van der Waals surface area (Å²) in [4.78, 5) is 28.7. The molecule has 1 N–H and O–H groups in total. The van der Waals surface area contributed by atoms with Gasteiger partial charge < -0.3 is 9.88 Å². The van der Waals surface area contributed by atoms with Crippen LogP contribution in [0.3, 0.4) is 0 Å². The number of aromatic nitrogens is 3. The summed E-state index contributed by atoms with van der Waals surface area (Å²) in [6, 6.07) is 14.2. The van der Waals surface area contributed by atoms with E-state index in [1.165, 1.54) is 5.56 Å². The largest absolute Gasteiger partial charge is 0.347 e. The highest BCUT2D eigenvalue weighted by Gasteiger charge is 2.31.